The van der Waals surface area contributed by atoms with E-state index in [9.17, 15) is 4.79 Å². The second-order valence-corrected chi connectivity index (χ2v) is 3.66. The van der Waals surface area contributed by atoms with Crippen LogP contribution in [0, 0.1) is 0 Å². The molecule has 72 valence electrons. The average Bonchev–Trinajstić information content (AvgIpc) is 2.66. The van der Waals surface area contributed by atoms with E-state index >= 15 is 0 Å². The Morgan fingerprint density at radius 1 is 1.43 bits per heavy atom. The van der Waals surface area contributed by atoms with Crippen molar-refractivity contribution in [3.8, 4) is 15.6 Å². The lowest BCUT2D eigenvalue weighted by Gasteiger charge is -1.94. The predicted molar refractivity (Wildman–Crippen MR) is 54.7 cm³/mol. The molecule has 0 radical (unpaired) electrons. The largest absolute Gasteiger partial charge is 0.487 e. The van der Waals surface area contributed by atoms with Gasteiger partial charge in [-0.25, -0.2) is 9.78 Å². The zero-order valence-corrected chi connectivity index (χ0v) is 8.30. The van der Waals surface area contributed by atoms with Gasteiger partial charge in [0.1, 0.15) is 0 Å². The van der Waals surface area contributed by atoms with E-state index in [1.807, 2.05) is 12.1 Å². The Morgan fingerprint density at radius 3 is 2.93 bits per heavy atom. The quantitative estimate of drug-likeness (QED) is 0.813. The highest BCUT2D eigenvalue weighted by Crippen LogP contribution is 2.30. The number of aromatic nitrogens is 2. The van der Waals surface area contributed by atoms with Crippen LogP contribution in [-0.4, -0.2) is 17.1 Å². The standard InChI is InChI=1S/C9H8N2O2S/c1-13-8-3-2-7(14-8)6-4-5-10-9(12)11-6/h2-5H,1H3,(H,10,11,12). The summed E-state index contributed by atoms with van der Waals surface area (Å²) < 4.78 is 5.06. The van der Waals surface area contributed by atoms with Crippen LogP contribution < -0.4 is 10.4 Å². The van der Waals surface area contributed by atoms with E-state index in [1.165, 1.54) is 17.5 Å². The van der Waals surface area contributed by atoms with Crippen molar-refractivity contribution in [1.29, 1.82) is 0 Å². The molecule has 0 amide bonds. The molecule has 0 aliphatic heterocycles. The van der Waals surface area contributed by atoms with E-state index in [1.54, 1.807) is 13.2 Å². The lowest BCUT2D eigenvalue weighted by Crippen LogP contribution is -2.08. The minimum absolute atomic E-state index is 0.338. The molecule has 0 unspecified atom stereocenters. The van der Waals surface area contributed by atoms with Gasteiger partial charge in [-0.1, -0.05) is 11.3 Å². The van der Waals surface area contributed by atoms with Gasteiger partial charge < -0.3 is 9.72 Å². The van der Waals surface area contributed by atoms with Crippen LogP contribution in [0.1, 0.15) is 0 Å². The Kier molecular flexibility index (Phi) is 2.32. The molecule has 14 heavy (non-hydrogen) atoms. The molecule has 0 saturated heterocycles. The van der Waals surface area contributed by atoms with Gasteiger partial charge in [0.2, 0.25) is 0 Å². The molecule has 0 atom stereocenters. The minimum atomic E-state index is -0.338. The number of hydrogen-bond donors (Lipinski definition) is 1. The van der Waals surface area contributed by atoms with Gasteiger partial charge in [0.15, 0.2) is 5.06 Å². The maximum absolute atomic E-state index is 10.9. The molecule has 1 N–H and O–H groups in total. The van der Waals surface area contributed by atoms with E-state index in [0.29, 0.717) is 0 Å². The van der Waals surface area contributed by atoms with E-state index in [2.05, 4.69) is 9.97 Å². The number of H-pyrrole nitrogens is 1. The van der Waals surface area contributed by atoms with Crippen LogP contribution in [0.25, 0.3) is 10.6 Å². The van der Waals surface area contributed by atoms with Crippen molar-refractivity contribution >= 4 is 11.3 Å². The molecular weight excluding hydrogens is 200 g/mol. The van der Waals surface area contributed by atoms with Crippen molar-refractivity contribution in [1.82, 2.24) is 9.97 Å². The molecule has 2 aromatic heterocycles. The first-order valence-electron chi connectivity index (χ1n) is 3.99. The van der Waals surface area contributed by atoms with Crippen molar-refractivity contribution in [2.45, 2.75) is 0 Å². The van der Waals surface area contributed by atoms with Crippen molar-refractivity contribution < 1.29 is 4.74 Å². The van der Waals surface area contributed by atoms with Crippen LogP contribution in [-0.2, 0) is 0 Å². The summed E-state index contributed by atoms with van der Waals surface area (Å²) >= 11 is 1.47. The van der Waals surface area contributed by atoms with Crippen LogP contribution in [0.5, 0.6) is 5.06 Å². The van der Waals surface area contributed by atoms with Crippen LogP contribution in [0.2, 0.25) is 0 Å². The second kappa shape index (κ2) is 3.63. The third kappa shape index (κ3) is 1.67. The molecule has 5 heteroatoms. The summed E-state index contributed by atoms with van der Waals surface area (Å²) in [5, 5.41) is 0.817. The van der Waals surface area contributed by atoms with Crippen LogP contribution in [0.4, 0.5) is 0 Å². The number of rotatable bonds is 2. The monoisotopic (exact) mass is 208 g/mol. The SMILES string of the molecule is COc1ccc(-c2ccnc(=O)[nH]2)s1. The van der Waals surface area contributed by atoms with Gasteiger partial charge in [0.05, 0.1) is 17.7 Å². The second-order valence-electron chi connectivity index (χ2n) is 2.61. The summed E-state index contributed by atoms with van der Waals surface area (Å²) in [6.07, 6.45) is 1.49. The molecule has 4 nitrogen and oxygen atoms in total. The summed E-state index contributed by atoms with van der Waals surface area (Å²) in [6, 6.07) is 5.51. The van der Waals surface area contributed by atoms with E-state index in [0.717, 1.165) is 15.6 Å². The highest BCUT2D eigenvalue weighted by Gasteiger charge is 2.02. The van der Waals surface area contributed by atoms with Crippen LogP contribution >= 0.6 is 11.3 Å². The number of thiophene rings is 1. The normalized spacial score (nSPS) is 10.1. The fourth-order valence-corrected chi connectivity index (χ4v) is 1.89. The molecule has 0 bridgehead atoms. The first-order valence-corrected chi connectivity index (χ1v) is 4.81. The summed E-state index contributed by atoms with van der Waals surface area (Å²) in [6.45, 7) is 0. The molecule has 0 saturated carbocycles. The first kappa shape index (κ1) is 8.96. The van der Waals surface area contributed by atoms with Crippen molar-refractivity contribution in [3.05, 3.63) is 34.9 Å². The van der Waals surface area contributed by atoms with Crippen molar-refractivity contribution in [2.75, 3.05) is 7.11 Å². The maximum Gasteiger partial charge on any atom is 0.345 e. The Balaban J connectivity index is 2.44. The lowest BCUT2D eigenvalue weighted by molar-refractivity contribution is 0.427. The summed E-state index contributed by atoms with van der Waals surface area (Å²) in [5.74, 6) is 0. The van der Waals surface area contributed by atoms with E-state index in [4.69, 9.17) is 4.74 Å². The fourth-order valence-electron chi connectivity index (χ4n) is 1.09. The zero-order valence-electron chi connectivity index (χ0n) is 7.48. The highest BCUT2D eigenvalue weighted by molar-refractivity contribution is 7.17. The molecule has 0 aliphatic rings. The Hall–Kier alpha value is -1.62. The lowest BCUT2D eigenvalue weighted by atomic mass is 10.3. The Bertz CT molecular complexity index is 489. The van der Waals surface area contributed by atoms with E-state index in [-0.39, 0.29) is 5.69 Å². The van der Waals surface area contributed by atoms with Crippen LogP contribution in [0.15, 0.2) is 29.2 Å². The Labute approximate surface area is 84.2 Å². The zero-order chi connectivity index (χ0) is 9.97. The number of aromatic amines is 1. The number of nitrogens with zero attached hydrogens (tertiary/aromatic N) is 1. The molecular formula is C9H8N2O2S. The average molecular weight is 208 g/mol. The Morgan fingerprint density at radius 2 is 2.29 bits per heavy atom. The first-order chi connectivity index (χ1) is 6.79. The minimum Gasteiger partial charge on any atom is -0.487 e. The summed E-state index contributed by atoms with van der Waals surface area (Å²) in [7, 11) is 1.62. The molecule has 2 aromatic rings. The number of methoxy groups -OCH3 is 1. The number of ether oxygens (including phenoxy) is 1. The van der Waals surface area contributed by atoms with Gasteiger partial charge in [-0.3, -0.25) is 0 Å². The number of nitrogens with one attached hydrogen (secondary N) is 1. The molecule has 2 heterocycles. The van der Waals surface area contributed by atoms with Gasteiger partial charge in [-0.05, 0) is 18.2 Å². The van der Waals surface area contributed by atoms with Gasteiger partial charge in [-0.15, -0.1) is 0 Å². The van der Waals surface area contributed by atoms with Crippen molar-refractivity contribution in [3.63, 3.8) is 0 Å². The topological polar surface area (TPSA) is 55.0 Å². The maximum atomic E-state index is 10.9. The number of hydrogen-bond acceptors (Lipinski definition) is 4. The van der Waals surface area contributed by atoms with Gasteiger partial charge in [0, 0.05) is 6.20 Å². The van der Waals surface area contributed by atoms with Gasteiger partial charge >= 0.3 is 5.69 Å². The third-order valence-electron chi connectivity index (χ3n) is 1.72. The van der Waals surface area contributed by atoms with Gasteiger partial charge in [0.25, 0.3) is 0 Å². The summed E-state index contributed by atoms with van der Waals surface area (Å²) in [5.41, 5.74) is 0.424. The highest BCUT2D eigenvalue weighted by atomic mass is 32.1. The molecule has 2 rings (SSSR count). The fraction of sp³-hybridized carbons (Fsp3) is 0.111. The summed E-state index contributed by atoms with van der Waals surface area (Å²) in [4.78, 5) is 18.1. The predicted octanol–water partition coefficient (Wildman–Crippen LogP) is 1.51. The third-order valence-corrected chi connectivity index (χ3v) is 2.80. The van der Waals surface area contributed by atoms with Crippen LogP contribution in [0.3, 0.4) is 0 Å². The van der Waals surface area contributed by atoms with Gasteiger partial charge in [-0.2, -0.15) is 0 Å². The molecule has 0 aliphatic carbocycles. The molecule has 0 spiro atoms. The molecule has 0 aromatic carbocycles. The smallest absolute Gasteiger partial charge is 0.345 e. The molecule has 0 fully saturated rings. The van der Waals surface area contributed by atoms with E-state index < -0.39 is 0 Å². The van der Waals surface area contributed by atoms with Crippen molar-refractivity contribution in [2.24, 2.45) is 0 Å².